The zero-order valence-corrected chi connectivity index (χ0v) is 13.2. The molecule has 0 spiro atoms. The number of rotatable bonds is 2. The summed E-state index contributed by atoms with van der Waals surface area (Å²) >= 11 is 0. The number of aromatic nitrogens is 2. The van der Waals surface area contributed by atoms with Gasteiger partial charge in [-0.25, -0.2) is 4.79 Å². The molecule has 1 aliphatic rings. The molecule has 0 saturated carbocycles. The first-order chi connectivity index (χ1) is 11.0. The highest BCUT2D eigenvalue weighted by Gasteiger charge is 2.28. The number of nitrogens with one attached hydrogen (secondary N) is 1. The van der Waals surface area contributed by atoms with E-state index in [-0.39, 0.29) is 12.6 Å². The SMILES string of the molecule is Cc1c2ccc(NC(=O)N3CCCC(C(=O)O)C3)cc2nn1C. The Bertz CT molecular complexity index is 768. The molecule has 1 fully saturated rings. The summed E-state index contributed by atoms with van der Waals surface area (Å²) < 4.78 is 1.80. The maximum absolute atomic E-state index is 12.3. The highest BCUT2D eigenvalue weighted by Crippen LogP contribution is 2.22. The van der Waals surface area contributed by atoms with Gasteiger partial charge in [-0.3, -0.25) is 9.48 Å². The minimum Gasteiger partial charge on any atom is -0.481 e. The quantitative estimate of drug-likeness (QED) is 0.889. The van der Waals surface area contributed by atoms with Crippen molar-refractivity contribution in [1.82, 2.24) is 14.7 Å². The van der Waals surface area contributed by atoms with Crippen molar-refractivity contribution in [3.8, 4) is 0 Å². The van der Waals surface area contributed by atoms with Gasteiger partial charge < -0.3 is 15.3 Å². The normalized spacial score (nSPS) is 18.2. The van der Waals surface area contributed by atoms with E-state index in [1.165, 1.54) is 0 Å². The average Bonchev–Trinajstić information content (AvgIpc) is 2.81. The van der Waals surface area contributed by atoms with Crippen LogP contribution >= 0.6 is 0 Å². The predicted octanol–water partition coefficient (Wildman–Crippen LogP) is 2.21. The zero-order chi connectivity index (χ0) is 16.6. The molecule has 1 atom stereocenters. The zero-order valence-electron chi connectivity index (χ0n) is 13.2. The Balaban J connectivity index is 1.73. The molecular formula is C16H20N4O3. The molecule has 0 aliphatic carbocycles. The Morgan fingerprint density at radius 2 is 2.17 bits per heavy atom. The number of carbonyl (C=O) groups is 2. The first-order valence-electron chi connectivity index (χ1n) is 7.68. The standard InChI is InChI=1S/C16H20N4O3/c1-10-13-6-5-12(8-14(13)18-19(10)2)17-16(23)20-7-3-4-11(9-20)15(21)22/h5-6,8,11H,3-4,7,9H2,1-2H3,(H,17,23)(H,21,22). The Morgan fingerprint density at radius 1 is 1.39 bits per heavy atom. The molecule has 2 N–H and O–H groups in total. The van der Waals surface area contributed by atoms with Gasteiger partial charge in [0.25, 0.3) is 0 Å². The average molecular weight is 316 g/mol. The molecule has 2 heterocycles. The van der Waals surface area contributed by atoms with Crippen LogP contribution < -0.4 is 5.32 Å². The van der Waals surface area contributed by atoms with Crippen molar-refractivity contribution in [2.45, 2.75) is 19.8 Å². The van der Waals surface area contributed by atoms with Crippen molar-refractivity contribution in [3.63, 3.8) is 0 Å². The number of hydrogen-bond acceptors (Lipinski definition) is 3. The molecule has 1 aromatic carbocycles. The number of carboxylic acid groups (broad SMARTS) is 1. The number of amides is 2. The number of benzene rings is 1. The van der Waals surface area contributed by atoms with Crippen LogP contribution in [0, 0.1) is 12.8 Å². The van der Waals surface area contributed by atoms with E-state index in [0.717, 1.165) is 16.6 Å². The summed E-state index contributed by atoms with van der Waals surface area (Å²) in [7, 11) is 1.88. The van der Waals surface area contributed by atoms with Crippen molar-refractivity contribution in [2.24, 2.45) is 13.0 Å². The summed E-state index contributed by atoms with van der Waals surface area (Å²) in [6.45, 7) is 2.83. The molecule has 1 unspecified atom stereocenters. The molecule has 7 nitrogen and oxygen atoms in total. The van der Waals surface area contributed by atoms with Crippen LogP contribution in [0.5, 0.6) is 0 Å². The number of piperidine rings is 1. The highest BCUT2D eigenvalue weighted by atomic mass is 16.4. The van der Waals surface area contributed by atoms with Crippen LogP contribution in [0.1, 0.15) is 18.5 Å². The van der Waals surface area contributed by atoms with Gasteiger partial charge >= 0.3 is 12.0 Å². The Morgan fingerprint density at radius 3 is 2.91 bits per heavy atom. The van der Waals surface area contributed by atoms with E-state index in [1.54, 1.807) is 9.58 Å². The second-order valence-electron chi connectivity index (χ2n) is 5.99. The molecule has 122 valence electrons. The molecule has 1 aromatic heterocycles. The van der Waals surface area contributed by atoms with Crippen LogP contribution in [0.25, 0.3) is 10.9 Å². The maximum atomic E-state index is 12.3. The lowest BCUT2D eigenvalue weighted by atomic mass is 9.99. The van der Waals surface area contributed by atoms with Gasteiger partial charge in [-0.15, -0.1) is 0 Å². The van der Waals surface area contributed by atoms with Gasteiger partial charge in [-0.2, -0.15) is 5.10 Å². The van der Waals surface area contributed by atoms with Crippen LogP contribution in [0.4, 0.5) is 10.5 Å². The summed E-state index contributed by atoms with van der Waals surface area (Å²) in [4.78, 5) is 25.0. The van der Waals surface area contributed by atoms with Crippen molar-refractivity contribution < 1.29 is 14.7 Å². The molecule has 2 aromatic rings. The third-order valence-corrected chi connectivity index (χ3v) is 4.44. The van der Waals surface area contributed by atoms with Gasteiger partial charge in [-0.05, 0) is 38.0 Å². The summed E-state index contributed by atoms with van der Waals surface area (Å²) in [5.41, 5.74) is 2.56. The third-order valence-electron chi connectivity index (χ3n) is 4.44. The second-order valence-corrected chi connectivity index (χ2v) is 5.99. The number of carboxylic acids is 1. The fraction of sp³-hybridized carbons (Fsp3) is 0.438. The lowest BCUT2D eigenvalue weighted by Gasteiger charge is -2.30. The number of fused-ring (bicyclic) bond motifs is 1. The topological polar surface area (TPSA) is 87.5 Å². The summed E-state index contributed by atoms with van der Waals surface area (Å²) in [6.07, 6.45) is 1.33. The molecule has 3 rings (SSSR count). The van der Waals surface area contributed by atoms with Gasteiger partial charge in [0, 0.05) is 36.9 Å². The smallest absolute Gasteiger partial charge is 0.321 e. The Hall–Kier alpha value is -2.57. The van der Waals surface area contributed by atoms with E-state index >= 15 is 0 Å². The van der Waals surface area contributed by atoms with Gasteiger partial charge in [0.1, 0.15) is 0 Å². The monoisotopic (exact) mass is 316 g/mol. The van der Waals surface area contributed by atoms with Crippen molar-refractivity contribution in [1.29, 1.82) is 0 Å². The van der Waals surface area contributed by atoms with E-state index < -0.39 is 11.9 Å². The summed E-state index contributed by atoms with van der Waals surface area (Å²) in [6, 6.07) is 5.35. The maximum Gasteiger partial charge on any atom is 0.321 e. The van der Waals surface area contributed by atoms with Crippen LogP contribution in [-0.4, -0.2) is 44.9 Å². The largest absolute Gasteiger partial charge is 0.481 e. The highest BCUT2D eigenvalue weighted by molar-refractivity contribution is 5.93. The van der Waals surface area contributed by atoms with Crippen LogP contribution in [-0.2, 0) is 11.8 Å². The number of likely N-dealkylation sites (tertiary alicyclic amines) is 1. The molecule has 0 bridgehead atoms. The molecule has 7 heteroatoms. The number of hydrogen-bond donors (Lipinski definition) is 2. The number of urea groups is 1. The van der Waals surface area contributed by atoms with Crippen molar-refractivity contribution in [2.75, 3.05) is 18.4 Å². The van der Waals surface area contributed by atoms with E-state index in [4.69, 9.17) is 5.11 Å². The lowest BCUT2D eigenvalue weighted by molar-refractivity contribution is -0.143. The lowest BCUT2D eigenvalue weighted by Crippen LogP contribution is -2.44. The summed E-state index contributed by atoms with van der Waals surface area (Å²) in [5.74, 6) is -1.32. The fourth-order valence-electron chi connectivity index (χ4n) is 2.97. The van der Waals surface area contributed by atoms with Gasteiger partial charge in [0.15, 0.2) is 0 Å². The molecule has 0 radical (unpaired) electrons. The number of aliphatic carboxylic acids is 1. The first-order valence-corrected chi connectivity index (χ1v) is 7.68. The molecular weight excluding hydrogens is 296 g/mol. The van der Waals surface area contributed by atoms with E-state index in [1.807, 2.05) is 32.2 Å². The molecule has 1 saturated heterocycles. The van der Waals surface area contributed by atoms with Crippen LogP contribution in [0.2, 0.25) is 0 Å². The molecule has 2 amide bonds. The minimum absolute atomic E-state index is 0.256. The Labute approximate surface area is 133 Å². The third kappa shape index (κ3) is 2.99. The van der Waals surface area contributed by atoms with Gasteiger partial charge in [0.05, 0.1) is 11.4 Å². The predicted molar refractivity (Wildman–Crippen MR) is 86.4 cm³/mol. The summed E-state index contributed by atoms with van der Waals surface area (Å²) in [5, 5.41) is 17.4. The van der Waals surface area contributed by atoms with Crippen molar-refractivity contribution in [3.05, 3.63) is 23.9 Å². The van der Waals surface area contributed by atoms with E-state index in [9.17, 15) is 9.59 Å². The van der Waals surface area contributed by atoms with Gasteiger partial charge in [0.2, 0.25) is 0 Å². The van der Waals surface area contributed by atoms with Crippen LogP contribution in [0.15, 0.2) is 18.2 Å². The van der Waals surface area contributed by atoms with Gasteiger partial charge in [-0.1, -0.05) is 0 Å². The number of anilines is 1. The van der Waals surface area contributed by atoms with Crippen molar-refractivity contribution >= 4 is 28.6 Å². The number of nitrogens with zero attached hydrogens (tertiary/aromatic N) is 3. The molecule has 1 aliphatic heterocycles. The van der Waals surface area contributed by atoms with E-state index in [0.29, 0.717) is 25.1 Å². The second kappa shape index (κ2) is 5.91. The fourth-order valence-corrected chi connectivity index (χ4v) is 2.97. The number of carbonyl (C=O) groups excluding carboxylic acids is 1. The molecule has 23 heavy (non-hydrogen) atoms. The minimum atomic E-state index is -0.840. The van der Waals surface area contributed by atoms with E-state index in [2.05, 4.69) is 10.4 Å². The first kappa shape index (κ1) is 15.3. The Kier molecular flexibility index (Phi) is 3.94. The van der Waals surface area contributed by atoms with Crippen LogP contribution in [0.3, 0.4) is 0 Å². The number of aryl methyl sites for hydroxylation is 2.